The van der Waals surface area contributed by atoms with Crippen LogP contribution in [-0.2, 0) is 9.53 Å². The van der Waals surface area contributed by atoms with Gasteiger partial charge in [0.1, 0.15) is 0 Å². The van der Waals surface area contributed by atoms with E-state index in [9.17, 15) is 9.90 Å². The SMILES string of the molecule is COC(=O)[C@@H]1[C@@H](c2ccc(C)cc2)c2ccccc2[C@@H](O)[C@@H]1c1ccccc1. The zero-order chi connectivity index (χ0) is 19.7. The van der Waals surface area contributed by atoms with Gasteiger partial charge in [0, 0.05) is 11.8 Å². The van der Waals surface area contributed by atoms with Gasteiger partial charge >= 0.3 is 5.97 Å². The van der Waals surface area contributed by atoms with Gasteiger partial charge in [-0.1, -0.05) is 84.4 Å². The van der Waals surface area contributed by atoms with Crippen LogP contribution >= 0.6 is 0 Å². The van der Waals surface area contributed by atoms with E-state index in [1.807, 2.05) is 61.5 Å². The van der Waals surface area contributed by atoms with Gasteiger partial charge in [-0.15, -0.1) is 0 Å². The quantitative estimate of drug-likeness (QED) is 0.675. The number of aryl methyl sites for hydroxylation is 1. The minimum atomic E-state index is -0.774. The van der Waals surface area contributed by atoms with Crippen molar-refractivity contribution in [2.75, 3.05) is 7.11 Å². The average Bonchev–Trinajstić information content (AvgIpc) is 2.74. The van der Waals surface area contributed by atoms with Crippen LogP contribution in [0, 0.1) is 12.8 Å². The molecule has 3 aromatic rings. The summed E-state index contributed by atoms with van der Waals surface area (Å²) >= 11 is 0. The Kier molecular flexibility index (Phi) is 5.01. The number of ether oxygens (including phenoxy) is 1. The number of methoxy groups -OCH3 is 1. The van der Waals surface area contributed by atoms with Gasteiger partial charge in [0.2, 0.25) is 0 Å². The Hall–Kier alpha value is -2.91. The smallest absolute Gasteiger partial charge is 0.310 e. The number of hydrogen-bond donors (Lipinski definition) is 1. The molecule has 3 nitrogen and oxygen atoms in total. The first-order valence-corrected chi connectivity index (χ1v) is 9.58. The highest BCUT2D eigenvalue weighted by atomic mass is 16.5. The fraction of sp³-hybridized carbons (Fsp3) is 0.240. The van der Waals surface area contributed by atoms with Gasteiger partial charge in [0.25, 0.3) is 0 Å². The standard InChI is InChI=1S/C25H24O3/c1-16-12-14-18(15-13-16)21-19-10-6-7-11-20(19)24(26)22(23(21)25(27)28-2)17-8-4-3-5-9-17/h3-15,21-24,26H,1-2H3/t21-,22+,23+,24+/m0/s1. The summed E-state index contributed by atoms with van der Waals surface area (Å²) in [4.78, 5) is 13.0. The fourth-order valence-electron chi connectivity index (χ4n) is 4.50. The first kappa shape index (κ1) is 18.5. The second-order valence-electron chi connectivity index (χ2n) is 7.45. The molecule has 3 aromatic carbocycles. The Balaban J connectivity index is 1.96. The molecule has 1 N–H and O–H groups in total. The molecule has 142 valence electrons. The molecule has 0 heterocycles. The molecule has 0 saturated carbocycles. The summed E-state index contributed by atoms with van der Waals surface area (Å²) in [7, 11) is 1.42. The predicted molar refractivity (Wildman–Crippen MR) is 109 cm³/mol. The maximum atomic E-state index is 13.0. The van der Waals surface area contributed by atoms with Crippen molar-refractivity contribution in [2.24, 2.45) is 5.92 Å². The number of aliphatic hydroxyl groups is 1. The third kappa shape index (κ3) is 3.12. The molecule has 4 rings (SSSR count). The van der Waals surface area contributed by atoms with Crippen LogP contribution in [0.5, 0.6) is 0 Å². The topological polar surface area (TPSA) is 46.5 Å². The van der Waals surface area contributed by atoms with E-state index in [0.29, 0.717) is 0 Å². The average molecular weight is 372 g/mol. The summed E-state index contributed by atoms with van der Waals surface area (Å²) in [6, 6.07) is 25.9. The summed E-state index contributed by atoms with van der Waals surface area (Å²) in [6.07, 6.45) is -0.774. The summed E-state index contributed by atoms with van der Waals surface area (Å²) in [5.41, 5.74) is 5.03. The molecule has 0 bridgehead atoms. The summed E-state index contributed by atoms with van der Waals surface area (Å²) in [5.74, 6) is -1.37. The molecule has 0 amide bonds. The molecule has 0 radical (unpaired) electrons. The van der Waals surface area contributed by atoms with Gasteiger partial charge in [-0.25, -0.2) is 0 Å². The van der Waals surface area contributed by atoms with Crippen molar-refractivity contribution in [3.8, 4) is 0 Å². The van der Waals surface area contributed by atoms with Crippen molar-refractivity contribution in [3.63, 3.8) is 0 Å². The molecule has 1 aliphatic rings. The van der Waals surface area contributed by atoms with Crippen LogP contribution < -0.4 is 0 Å². The Labute approximate surface area is 165 Å². The van der Waals surface area contributed by atoms with Gasteiger partial charge in [-0.2, -0.15) is 0 Å². The van der Waals surface area contributed by atoms with E-state index in [1.165, 1.54) is 12.7 Å². The van der Waals surface area contributed by atoms with Crippen molar-refractivity contribution in [2.45, 2.75) is 24.9 Å². The van der Waals surface area contributed by atoms with Crippen LogP contribution in [0.4, 0.5) is 0 Å². The highest BCUT2D eigenvalue weighted by Gasteiger charge is 2.47. The first-order valence-electron chi connectivity index (χ1n) is 9.58. The second kappa shape index (κ2) is 7.61. The Morgan fingerprint density at radius 3 is 2.07 bits per heavy atom. The third-order valence-electron chi connectivity index (χ3n) is 5.83. The van der Waals surface area contributed by atoms with Crippen LogP contribution in [0.15, 0.2) is 78.9 Å². The van der Waals surface area contributed by atoms with Crippen molar-refractivity contribution in [1.29, 1.82) is 0 Å². The number of benzene rings is 3. The lowest BCUT2D eigenvalue weighted by molar-refractivity contribution is -0.148. The van der Waals surface area contributed by atoms with Gasteiger partial charge in [0.15, 0.2) is 0 Å². The fourth-order valence-corrected chi connectivity index (χ4v) is 4.50. The highest BCUT2D eigenvalue weighted by Crippen LogP contribution is 2.52. The van der Waals surface area contributed by atoms with E-state index in [2.05, 4.69) is 24.3 Å². The van der Waals surface area contributed by atoms with Crippen molar-refractivity contribution in [3.05, 3.63) is 107 Å². The molecule has 0 fully saturated rings. The summed E-state index contributed by atoms with van der Waals surface area (Å²) < 4.78 is 5.23. The van der Waals surface area contributed by atoms with E-state index < -0.39 is 12.0 Å². The summed E-state index contributed by atoms with van der Waals surface area (Å²) in [6.45, 7) is 2.05. The van der Waals surface area contributed by atoms with Crippen LogP contribution in [0.1, 0.15) is 45.8 Å². The molecule has 28 heavy (non-hydrogen) atoms. The van der Waals surface area contributed by atoms with Crippen LogP contribution in [-0.4, -0.2) is 18.2 Å². The predicted octanol–water partition coefficient (Wildman–Crippen LogP) is 4.75. The Morgan fingerprint density at radius 2 is 1.43 bits per heavy atom. The minimum Gasteiger partial charge on any atom is -0.469 e. The van der Waals surface area contributed by atoms with E-state index in [-0.39, 0.29) is 17.8 Å². The lowest BCUT2D eigenvalue weighted by Crippen LogP contribution is -2.38. The zero-order valence-electron chi connectivity index (χ0n) is 16.1. The molecule has 0 unspecified atom stereocenters. The van der Waals surface area contributed by atoms with E-state index in [4.69, 9.17) is 4.74 Å². The van der Waals surface area contributed by atoms with Crippen LogP contribution in [0.25, 0.3) is 0 Å². The molecule has 4 atom stereocenters. The monoisotopic (exact) mass is 372 g/mol. The lowest BCUT2D eigenvalue weighted by atomic mass is 9.63. The molecule has 0 spiro atoms. The number of fused-ring (bicyclic) bond motifs is 1. The lowest BCUT2D eigenvalue weighted by Gasteiger charge is -2.41. The number of hydrogen-bond acceptors (Lipinski definition) is 3. The molecule has 3 heteroatoms. The summed E-state index contributed by atoms with van der Waals surface area (Å²) in [5, 5.41) is 11.3. The van der Waals surface area contributed by atoms with Gasteiger partial charge in [0.05, 0.1) is 19.1 Å². The molecular formula is C25H24O3. The molecule has 0 aliphatic heterocycles. The molecular weight excluding hydrogens is 348 g/mol. The Morgan fingerprint density at radius 1 is 0.821 bits per heavy atom. The number of carbonyl (C=O) groups is 1. The first-order chi connectivity index (χ1) is 13.6. The number of esters is 1. The Bertz CT molecular complexity index is 963. The third-order valence-corrected chi connectivity index (χ3v) is 5.83. The number of aliphatic hydroxyl groups excluding tert-OH is 1. The van der Waals surface area contributed by atoms with Crippen molar-refractivity contribution in [1.82, 2.24) is 0 Å². The normalized spacial score (nSPS) is 23.7. The van der Waals surface area contributed by atoms with Gasteiger partial charge in [-0.3, -0.25) is 4.79 Å². The van der Waals surface area contributed by atoms with Gasteiger partial charge < -0.3 is 9.84 Å². The zero-order valence-corrected chi connectivity index (χ0v) is 16.1. The van der Waals surface area contributed by atoms with Gasteiger partial charge in [-0.05, 0) is 29.2 Å². The van der Waals surface area contributed by atoms with E-state index in [0.717, 1.165) is 22.3 Å². The van der Waals surface area contributed by atoms with E-state index >= 15 is 0 Å². The van der Waals surface area contributed by atoms with Crippen LogP contribution in [0.3, 0.4) is 0 Å². The maximum Gasteiger partial charge on any atom is 0.310 e. The highest BCUT2D eigenvalue weighted by molar-refractivity contribution is 5.77. The molecule has 1 aliphatic carbocycles. The van der Waals surface area contributed by atoms with Crippen molar-refractivity contribution >= 4 is 5.97 Å². The van der Waals surface area contributed by atoms with Crippen molar-refractivity contribution < 1.29 is 14.6 Å². The molecule has 0 aromatic heterocycles. The number of rotatable bonds is 3. The van der Waals surface area contributed by atoms with Crippen LogP contribution in [0.2, 0.25) is 0 Å². The molecule has 0 saturated heterocycles. The maximum absolute atomic E-state index is 13.0. The second-order valence-corrected chi connectivity index (χ2v) is 7.45. The number of carbonyl (C=O) groups excluding carboxylic acids is 1. The van der Waals surface area contributed by atoms with E-state index in [1.54, 1.807) is 0 Å². The minimum absolute atomic E-state index is 0.183. The largest absolute Gasteiger partial charge is 0.469 e.